The smallest absolute Gasteiger partial charge is 0.405 e. The number of halogens is 4. The second-order valence-electron chi connectivity index (χ2n) is 4.90. The summed E-state index contributed by atoms with van der Waals surface area (Å²) >= 11 is 5.96. The highest BCUT2D eigenvalue weighted by molar-refractivity contribution is 6.32. The van der Waals surface area contributed by atoms with Crippen molar-refractivity contribution >= 4 is 29.5 Å². The second kappa shape index (κ2) is 8.13. The summed E-state index contributed by atoms with van der Waals surface area (Å²) in [5.74, 6) is -1.56. The van der Waals surface area contributed by atoms with Crippen molar-refractivity contribution in [3.05, 3.63) is 22.7 Å². The standard InChI is InChI=1S/C14H12ClF3N2O6/c15-8-3-7(4-9-11(8)25-2-1-24-9)12(22)26-5-10(21)20-13(23)19-6-14(16,17)18/h3-4H,1-2,5-6H2,(H2,19,20,21,23). The van der Waals surface area contributed by atoms with Crippen LogP contribution in [0, 0.1) is 0 Å². The number of imide groups is 1. The molecule has 1 aromatic carbocycles. The summed E-state index contributed by atoms with van der Waals surface area (Å²) in [5.41, 5.74) is -0.0337. The SMILES string of the molecule is O=C(COC(=O)c1cc(Cl)c2c(c1)OCCO2)NC(=O)NCC(F)(F)F. The molecule has 0 radical (unpaired) electrons. The fraction of sp³-hybridized carbons (Fsp3) is 0.357. The number of carbonyl (C=O) groups excluding carboxylic acids is 3. The molecule has 1 heterocycles. The maximum absolute atomic E-state index is 11.9. The summed E-state index contributed by atoms with van der Waals surface area (Å²) in [5, 5.41) is 3.12. The molecule has 142 valence electrons. The normalized spacial score (nSPS) is 12.9. The van der Waals surface area contributed by atoms with Gasteiger partial charge in [-0.05, 0) is 12.1 Å². The van der Waals surface area contributed by atoms with Crippen LogP contribution in [0.1, 0.15) is 10.4 Å². The Morgan fingerprint density at radius 1 is 1.19 bits per heavy atom. The van der Waals surface area contributed by atoms with Crippen molar-refractivity contribution < 1.29 is 41.8 Å². The van der Waals surface area contributed by atoms with E-state index in [1.54, 1.807) is 5.32 Å². The van der Waals surface area contributed by atoms with Crippen LogP contribution < -0.4 is 20.1 Å². The summed E-state index contributed by atoms with van der Waals surface area (Å²) in [7, 11) is 0. The molecule has 0 atom stereocenters. The average molecular weight is 397 g/mol. The molecule has 26 heavy (non-hydrogen) atoms. The van der Waals surface area contributed by atoms with Crippen molar-refractivity contribution in [2.24, 2.45) is 0 Å². The summed E-state index contributed by atoms with van der Waals surface area (Å²) in [4.78, 5) is 34.4. The third-order valence-corrected chi connectivity index (χ3v) is 3.15. The molecule has 12 heteroatoms. The Labute approximate surface area is 149 Å². The number of rotatable bonds is 4. The summed E-state index contributed by atoms with van der Waals surface area (Å²) in [6, 6.07) is 1.17. The molecule has 0 aromatic heterocycles. The Bertz CT molecular complexity index is 725. The number of esters is 1. The molecule has 2 rings (SSSR count). The number of fused-ring (bicyclic) bond motifs is 1. The molecule has 2 N–H and O–H groups in total. The Hall–Kier alpha value is -2.69. The first-order valence-corrected chi connectivity index (χ1v) is 7.44. The number of benzene rings is 1. The quantitative estimate of drug-likeness (QED) is 0.750. The summed E-state index contributed by atoms with van der Waals surface area (Å²) < 4.78 is 51.0. The second-order valence-corrected chi connectivity index (χ2v) is 5.31. The fourth-order valence-corrected chi connectivity index (χ4v) is 2.10. The number of carbonyl (C=O) groups is 3. The van der Waals surface area contributed by atoms with Gasteiger partial charge in [0.05, 0.1) is 10.6 Å². The van der Waals surface area contributed by atoms with Gasteiger partial charge < -0.3 is 19.5 Å². The minimum atomic E-state index is -4.62. The lowest BCUT2D eigenvalue weighted by Crippen LogP contribution is -2.44. The molecule has 0 saturated heterocycles. The molecule has 1 aliphatic heterocycles. The highest BCUT2D eigenvalue weighted by atomic mass is 35.5. The van der Waals surface area contributed by atoms with Crippen molar-refractivity contribution in [2.45, 2.75) is 6.18 Å². The van der Waals surface area contributed by atoms with Gasteiger partial charge in [-0.3, -0.25) is 10.1 Å². The molecule has 0 unspecified atom stereocenters. The van der Waals surface area contributed by atoms with E-state index < -0.39 is 37.2 Å². The Morgan fingerprint density at radius 2 is 1.88 bits per heavy atom. The van der Waals surface area contributed by atoms with Crippen LogP contribution in [0.2, 0.25) is 5.02 Å². The van der Waals surface area contributed by atoms with Crippen molar-refractivity contribution in [3.63, 3.8) is 0 Å². The highest BCUT2D eigenvalue weighted by Gasteiger charge is 2.28. The van der Waals surface area contributed by atoms with E-state index in [0.29, 0.717) is 6.61 Å². The molecular weight excluding hydrogens is 385 g/mol. The highest BCUT2D eigenvalue weighted by Crippen LogP contribution is 2.38. The lowest BCUT2D eigenvalue weighted by Gasteiger charge is -2.19. The van der Waals surface area contributed by atoms with Crippen LogP contribution >= 0.6 is 11.6 Å². The van der Waals surface area contributed by atoms with Crippen LogP contribution in [-0.2, 0) is 9.53 Å². The van der Waals surface area contributed by atoms with Crippen molar-refractivity contribution in [2.75, 3.05) is 26.4 Å². The maximum Gasteiger partial charge on any atom is 0.405 e. The zero-order valence-electron chi connectivity index (χ0n) is 12.9. The number of nitrogens with one attached hydrogen (secondary N) is 2. The molecular formula is C14H12ClF3N2O6. The fourth-order valence-electron chi connectivity index (χ4n) is 1.83. The molecule has 1 aromatic rings. The number of urea groups is 1. The molecule has 0 saturated carbocycles. The van der Waals surface area contributed by atoms with E-state index in [0.717, 1.165) is 0 Å². The van der Waals surface area contributed by atoms with Gasteiger partial charge in [0.2, 0.25) is 0 Å². The third-order valence-electron chi connectivity index (χ3n) is 2.87. The molecule has 0 spiro atoms. The van der Waals surface area contributed by atoms with Gasteiger partial charge in [0.25, 0.3) is 5.91 Å². The van der Waals surface area contributed by atoms with Gasteiger partial charge in [-0.25, -0.2) is 9.59 Å². The molecule has 8 nitrogen and oxygen atoms in total. The van der Waals surface area contributed by atoms with Gasteiger partial charge in [0.1, 0.15) is 19.8 Å². The topological polar surface area (TPSA) is 103 Å². The molecule has 0 bridgehead atoms. The lowest BCUT2D eigenvalue weighted by atomic mass is 10.2. The van der Waals surface area contributed by atoms with E-state index in [9.17, 15) is 27.6 Å². The number of amides is 3. The average Bonchev–Trinajstić information content (AvgIpc) is 2.57. The monoisotopic (exact) mass is 396 g/mol. The predicted molar refractivity (Wildman–Crippen MR) is 80.3 cm³/mol. The first kappa shape index (κ1) is 19.6. The Kier molecular flexibility index (Phi) is 6.14. The molecule has 1 aliphatic rings. The maximum atomic E-state index is 11.9. The minimum absolute atomic E-state index is 0.0337. The lowest BCUT2D eigenvalue weighted by molar-refractivity contribution is -0.125. The van der Waals surface area contributed by atoms with Gasteiger partial charge in [-0.2, -0.15) is 13.2 Å². The Balaban J connectivity index is 1.85. The van der Waals surface area contributed by atoms with Gasteiger partial charge in [-0.15, -0.1) is 0 Å². The van der Waals surface area contributed by atoms with Crippen LogP contribution in [0.3, 0.4) is 0 Å². The van der Waals surface area contributed by atoms with Crippen LogP contribution in [0.5, 0.6) is 11.5 Å². The van der Waals surface area contributed by atoms with Crippen LogP contribution in [0.15, 0.2) is 12.1 Å². The van der Waals surface area contributed by atoms with E-state index in [-0.39, 0.29) is 28.7 Å². The predicted octanol–water partition coefficient (Wildman–Crippen LogP) is 1.66. The van der Waals surface area contributed by atoms with Gasteiger partial charge >= 0.3 is 18.2 Å². The van der Waals surface area contributed by atoms with Crippen LogP contribution in [0.4, 0.5) is 18.0 Å². The van der Waals surface area contributed by atoms with E-state index in [2.05, 4.69) is 4.74 Å². The van der Waals surface area contributed by atoms with Gasteiger partial charge in [0, 0.05) is 0 Å². The zero-order valence-corrected chi connectivity index (χ0v) is 13.7. The van der Waals surface area contributed by atoms with Crippen LogP contribution in [0.25, 0.3) is 0 Å². The third kappa shape index (κ3) is 5.69. The number of hydrogen-bond acceptors (Lipinski definition) is 6. The van der Waals surface area contributed by atoms with E-state index in [1.165, 1.54) is 17.4 Å². The molecule has 3 amide bonds. The van der Waals surface area contributed by atoms with Crippen molar-refractivity contribution in [1.29, 1.82) is 0 Å². The number of ether oxygens (including phenoxy) is 3. The summed E-state index contributed by atoms with van der Waals surface area (Å²) in [6.07, 6.45) is -4.62. The number of hydrogen-bond donors (Lipinski definition) is 2. The van der Waals surface area contributed by atoms with Gasteiger partial charge in [0.15, 0.2) is 18.1 Å². The molecule has 0 fully saturated rings. The largest absolute Gasteiger partial charge is 0.486 e. The van der Waals surface area contributed by atoms with Crippen molar-refractivity contribution in [1.82, 2.24) is 10.6 Å². The molecule has 0 aliphatic carbocycles. The van der Waals surface area contributed by atoms with E-state index in [1.807, 2.05) is 0 Å². The minimum Gasteiger partial charge on any atom is -0.486 e. The Morgan fingerprint density at radius 3 is 2.58 bits per heavy atom. The summed E-state index contributed by atoms with van der Waals surface area (Å²) in [6.45, 7) is -1.93. The van der Waals surface area contributed by atoms with Crippen LogP contribution in [-0.4, -0.2) is 50.4 Å². The zero-order chi connectivity index (χ0) is 19.3. The van der Waals surface area contributed by atoms with E-state index in [4.69, 9.17) is 21.1 Å². The number of alkyl halides is 3. The van der Waals surface area contributed by atoms with Crippen molar-refractivity contribution in [3.8, 4) is 11.5 Å². The first-order valence-electron chi connectivity index (χ1n) is 7.06. The van der Waals surface area contributed by atoms with E-state index >= 15 is 0 Å². The first-order chi connectivity index (χ1) is 12.2. The van der Waals surface area contributed by atoms with Gasteiger partial charge in [-0.1, -0.05) is 11.6 Å².